The molecule has 7 heteroatoms. The molecule has 2 aromatic heterocycles. The molecule has 1 unspecified atom stereocenters. The molecule has 0 bridgehead atoms. The lowest BCUT2D eigenvalue weighted by atomic mass is 10.2. The van der Waals surface area contributed by atoms with E-state index in [9.17, 15) is 13.2 Å². The fourth-order valence-electron chi connectivity index (χ4n) is 1.76. The molecule has 0 aliphatic heterocycles. The van der Waals surface area contributed by atoms with E-state index in [1.54, 1.807) is 11.3 Å². The molecular formula is C13H14F3N3S. The van der Waals surface area contributed by atoms with E-state index in [1.165, 1.54) is 15.8 Å². The van der Waals surface area contributed by atoms with Gasteiger partial charge in [0.2, 0.25) is 0 Å². The van der Waals surface area contributed by atoms with Crippen molar-refractivity contribution in [2.45, 2.75) is 32.5 Å². The predicted molar refractivity (Wildman–Crippen MR) is 72.9 cm³/mol. The summed E-state index contributed by atoms with van der Waals surface area (Å²) in [4.78, 5) is 2.46. The lowest BCUT2D eigenvalue weighted by Gasteiger charge is -2.13. The Labute approximate surface area is 118 Å². The first-order valence-electron chi connectivity index (χ1n) is 6.07. The van der Waals surface area contributed by atoms with Crippen LogP contribution in [-0.2, 0) is 12.6 Å². The lowest BCUT2D eigenvalue weighted by Crippen LogP contribution is -2.19. The van der Waals surface area contributed by atoms with Crippen LogP contribution in [0.3, 0.4) is 0 Å². The Morgan fingerprint density at radius 2 is 1.95 bits per heavy atom. The summed E-state index contributed by atoms with van der Waals surface area (Å²) in [5.74, 6) is 0.346. The molecule has 3 nitrogen and oxygen atoms in total. The summed E-state index contributed by atoms with van der Waals surface area (Å²) >= 11 is 1.71. The molecule has 2 rings (SSSR count). The number of halogens is 3. The highest BCUT2D eigenvalue weighted by Gasteiger charge is 2.32. The highest BCUT2D eigenvalue weighted by Crippen LogP contribution is 2.27. The van der Waals surface area contributed by atoms with Crippen LogP contribution in [0.2, 0.25) is 0 Å². The summed E-state index contributed by atoms with van der Waals surface area (Å²) in [6, 6.07) is 6.39. The average Bonchev–Trinajstić information content (AvgIpc) is 2.74. The van der Waals surface area contributed by atoms with Gasteiger partial charge in [-0.15, -0.1) is 21.5 Å². The minimum atomic E-state index is -4.45. The highest BCUT2D eigenvalue weighted by molar-refractivity contribution is 7.11. The van der Waals surface area contributed by atoms with Crippen molar-refractivity contribution in [1.29, 1.82) is 0 Å². The monoisotopic (exact) mass is 301 g/mol. The number of hydrogen-bond donors (Lipinski definition) is 1. The zero-order chi connectivity index (χ0) is 14.8. The molecule has 2 heterocycles. The first-order valence-corrected chi connectivity index (χ1v) is 6.89. The van der Waals surface area contributed by atoms with Gasteiger partial charge in [0.1, 0.15) is 5.82 Å². The largest absolute Gasteiger partial charge is 0.435 e. The summed E-state index contributed by atoms with van der Waals surface area (Å²) in [7, 11) is 0. The molecule has 0 aliphatic rings. The van der Waals surface area contributed by atoms with Gasteiger partial charge in [0.25, 0.3) is 0 Å². The maximum absolute atomic E-state index is 12.4. The van der Waals surface area contributed by atoms with Gasteiger partial charge in [0.05, 0.1) is 0 Å². The third-order valence-electron chi connectivity index (χ3n) is 2.65. The van der Waals surface area contributed by atoms with Gasteiger partial charge in [0.15, 0.2) is 5.69 Å². The van der Waals surface area contributed by atoms with Crippen molar-refractivity contribution in [2.75, 3.05) is 5.32 Å². The minimum absolute atomic E-state index is 0.0686. The number of alkyl halides is 3. The second kappa shape index (κ2) is 5.78. The van der Waals surface area contributed by atoms with Crippen molar-refractivity contribution in [3.63, 3.8) is 0 Å². The van der Waals surface area contributed by atoms with Crippen molar-refractivity contribution in [2.24, 2.45) is 0 Å². The molecule has 0 saturated heterocycles. The van der Waals surface area contributed by atoms with Crippen molar-refractivity contribution in [3.8, 4) is 0 Å². The van der Waals surface area contributed by atoms with E-state index in [1.807, 2.05) is 19.9 Å². The first kappa shape index (κ1) is 14.8. The number of aromatic nitrogens is 2. The molecule has 108 valence electrons. The van der Waals surface area contributed by atoms with E-state index < -0.39 is 11.9 Å². The third kappa shape index (κ3) is 3.93. The van der Waals surface area contributed by atoms with Gasteiger partial charge in [-0.2, -0.15) is 13.2 Å². The van der Waals surface area contributed by atoms with Crippen LogP contribution in [0.25, 0.3) is 0 Å². The molecule has 1 N–H and O–H groups in total. The zero-order valence-corrected chi connectivity index (χ0v) is 11.8. The van der Waals surface area contributed by atoms with Crippen LogP contribution in [0.5, 0.6) is 0 Å². The number of thiophene rings is 1. The number of anilines is 1. The van der Waals surface area contributed by atoms with E-state index in [4.69, 9.17) is 0 Å². The van der Waals surface area contributed by atoms with Crippen molar-refractivity contribution >= 4 is 17.2 Å². The minimum Gasteiger partial charge on any atom is -0.366 e. The summed E-state index contributed by atoms with van der Waals surface area (Å²) in [5.41, 5.74) is -0.982. The summed E-state index contributed by atoms with van der Waals surface area (Å²) < 4.78 is 37.1. The molecule has 2 aromatic rings. The van der Waals surface area contributed by atoms with E-state index >= 15 is 0 Å². The third-order valence-corrected chi connectivity index (χ3v) is 3.68. The number of aryl methyl sites for hydroxylation is 1. The molecule has 0 amide bonds. The van der Waals surface area contributed by atoms with Gasteiger partial charge in [-0.05, 0) is 38.1 Å². The van der Waals surface area contributed by atoms with Crippen LogP contribution < -0.4 is 5.32 Å². The second-order valence-electron chi connectivity index (χ2n) is 4.56. The maximum Gasteiger partial charge on any atom is 0.435 e. The normalized spacial score (nSPS) is 13.2. The Hall–Kier alpha value is -1.63. The molecule has 0 fully saturated rings. The molecule has 20 heavy (non-hydrogen) atoms. The van der Waals surface area contributed by atoms with Crippen LogP contribution in [0.4, 0.5) is 19.0 Å². The number of hydrogen-bond acceptors (Lipinski definition) is 4. The molecule has 0 saturated carbocycles. The topological polar surface area (TPSA) is 37.8 Å². The van der Waals surface area contributed by atoms with Crippen molar-refractivity contribution < 1.29 is 13.2 Å². The van der Waals surface area contributed by atoms with Gasteiger partial charge >= 0.3 is 6.18 Å². The first-order chi connectivity index (χ1) is 9.34. The second-order valence-corrected chi connectivity index (χ2v) is 5.94. The summed E-state index contributed by atoms with van der Waals surface area (Å²) in [6.07, 6.45) is -3.66. The van der Waals surface area contributed by atoms with Crippen molar-refractivity contribution in [3.05, 3.63) is 39.7 Å². The molecule has 0 aromatic carbocycles. The van der Waals surface area contributed by atoms with Crippen LogP contribution in [0.15, 0.2) is 24.3 Å². The van der Waals surface area contributed by atoms with Crippen LogP contribution in [0, 0.1) is 6.92 Å². The van der Waals surface area contributed by atoms with Gasteiger partial charge in [-0.3, -0.25) is 0 Å². The van der Waals surface area contributed by atoms with Gasteiger partial charge in [0, 0.05) is 22.2 Å². The average molecular weight is 301 g/mol. The number of nitrogens with zero attached hydrogens (tertiary/aromatic N) is 2. The highest BCUT2D eigenvalue weighted by atomic mass is 32.1. The Bertz CT molecular complexity index is 563. The Kier molecular flexibility index (Phi) is 4.27. The zero-order valence-electron chi connectivity index (χ0n) is 11.0. The quantitative estimate of drug-likeness (QED) is 0.930. The van der Waals surface area contributed by atoms with Crippen LogP contribution >= 0.6 is 11.3 Å². The molecule has 1 atom stereocenters. The van der Waals surface area contributed by atoms with Crippen LogP contribution in [-0.4, -0.2) is 16.2 Å². The summed E-state index contributed by atoms with van der Waals surface area (Å²) in [6.45, 7) is 3.99. The predicted octanol–water partition coefficient (Wildman–Crippen LogP) is 3.91. The Morgan fingerprint density at radius 1 is 1.20 bits per heavy atom. The van der Waals surface area contributed by atoms with Gasteiger partial charge in [-0.1, -0.05) is 0 Å². The standard InChI is InChI=1S/C13H14F3N3S/c1-8(7-10-4-3-9(2)20-10)17-12-6-5-11(18-19-12)13(14,15)16/h3-6,8H,7H2,1-2H3,(H,17,19). The van der Waals surface area contributed by atoms with E-state index in [-0.39, 0.29) is 6.04 Å². The molecule has 0 aliphatic carbocycles. The smallest absolute Gasteiger partial charge is 0.366 e. The SMILES string of the molecule is Cc1ccc(CC(C)Nc2ccc(C(F)(F)F)nn2)s1. The van der Waals surface area contributed by atoms with E-state index in [2.05, 4.69) is 21.6 Å². The molecular weight excluding hydrogens is 287 g/mol. The molecule has 0 radical (unpaired) electrons. The van der Waals surface area contributed by atoms with E-state index in [0.29, 0.717) is 5.82 Å². The van der Waals surface area contributed by atoms with Crippen molar-refractivity contribution in [1.82, 2.24) is 10.2 Å². The fraction of sp³-hybridized carbons (Fsp3) is 0.385. The Morgan fingerprint density at radius 3 is 2.45 bits per heavy atom. The Balaban J connectivity index is 1.96. The summed E-state index contributed by atoms with van der Waals surface area (Å²) in [5, 5.41) is 9.78. The van der Waals surface area contributed by atoms with Gasteiger partial charge in [-0.25, -0.2) is 0 Å². The van der Waals surface area contributed by atoms with Gasteiger partial charge < -0.3 is 5.32 Å². The fourth-order valence-corrected chi connectivity index (χ4v) is 2.78. The van der Waals surface area contributed by atoms with Crippen LogP contribution in [0.1, 0.15) is 22.4 Å². The lowest BCUT2D eigenvalue weighted by molar-refractivity contribution is -0.141. The maximum atomic E-state index is 12.4. The number of nitrogens with one attached hydrogen (secondary N) is 1. The number of rotatable bonds is 4. The molecule has 0 spiro atoms. The van der Waals surface area contributed by atoms with E-state index in [0.717, 1.165) is 12.5 Å².